The molecule has 0 heterocycles. The first-order valence-electron chi connectivity index (χ1n) is 4.13. The molecule has 0 atom stereocenters. The second-order valence-corrected chi connectivity index (χ2v) is 5.40. The maximum Gasteiger partial charge on any atom is 0.466 e. The van der Waals surface area contributed by atoms with Crippen LogP contribution in [0.25, 0.3) is 0 Å². The molecule has 3 nitrogen and oxygen atoms in total. The van der Waals surface area contributed by atoms with E-state index in [0.717, 1.165) is 0 Å². The summed E-state index contributed by atoms with van der Waals surface area (Å²) >= 11 is 0. The molecule has 0 unspecified atom stereocenters. The van der Waals surface area contributed by atoms with Crippen molar-refractivity contribution in [3.8, 4) is 0 Å². The third-order valence-electron chi connectivity index (χ3n) is 1.97. The lowest BCUT2D eigenvalue weighted by Crippen LogP contribution is -2.66. The predicted molar refractivity (Wildman–Crippen MR) is 38.8 cm³/mol. The first-order chi connectivity index (χ1) is 9.19. The third kappa shape index (κ3) is 2.46. The van der Waals surface area contributed by atoms with Crippen molar-refractivity contribution in [2.45, 2.75) is 28.7 Å². The molecule has 0 saturated carbocycles. The molecule has 0 aromatic carbocycles. The van der Waals surface area contributed by atoms with E-state index < -0.39 is 43.8 Å². The van der Waals surface area contributed by atoms with Gasteiger partial charge in [0.15, 0.2) is 0 Å². The summed E-state index contributed by atoms with van der Waals surface area (Å²) in [6.07, 6.45) is -7.50. The molecule has 0 aliphatic rings. The van der Waals surface area contributed by atoms with Gasteiger partial charge in [-0.1, -0.05) is 8.96 Å². The molecule has 0 fully saturated rings. The Hall–Kier alpha value is -1.00. The number of sulfone groups is 1. The monoisotopic (exact) mass is 385 g/mol. The van der Waals surface area contributed by atoms with Gasteiger partial charge in [-0.3, -0.25) is 0 Å². The van der Waals surface area contributed by atoms with Crippen LogP contribution in [0.3, 0.4) is 0 Å². The zero-order chi connectivity index (χ0) is 18.6. The van der Waals surface area contributed by atoms with E-state index in [2.05, 4.69) is 0 Å². The van der Waals surface area contributed by atoms with Crippen LogP contribution in [0.5, 0.6) is 0 Å². The second-order valence-electron chi connectivity index (χ2n) is 3.39. The Bertz CT molecular complexity index is 519. The van der Waals surface area contributed by atoms with E-state index >= 15 is 0 Å². The van der Waals surface area contributed by atoms with Crippen LogP contribution < -0.4 is 0 Å². The van der Waals surface area contributed by atoms with Crippen molar-refractivity contribution in [3.63, 3.8) is 0 Å². The molecule has 0 N–H and O–H groups in total. The fourth-order valence-corrected chi connectivity index (χ4v) is 1.73. The Morgan fingerprint density at radius 1 is 0.636 bits per heavy atom. The summed E-state index contributed by atoms with van der Waals surface area (Å²) in [6, 6.07) is 0. The number of rotatable bonds is 5. The Morgan fingerprint density at radius 2 is 0.955 bits per heavy atom. The van der Waals surface area contributed by atoms with Crippen LogP contribution in [-0.4, -0.2) is 42.4 Å². The molecular weight excluding hydrogens is 385 g/mol. The van der Waals surface area contributed by atoms with Crippen molar-refractivity contribution >= 4 is 9.84 Å². The fraction of sp³-hybridized carbons (Fsp3) is 1.00. The lowest BCUT2D eigenvalue weighted by Gasteiger charge is -2.34. The highest BCUT2D eigenvalue weighted by Crippen LogP contribution is 2.56. The zero-order valence-electron chi connectivity index (χ0n) is 9.09. The van der Waals surface area contributed by atoms with E-state index in [1.165, 1.54) is 0 Å². The maximum absolute atomic E-state index is 12.7. The summed E-state index contributed by atoms with van der Waals surface area (Å²) in [6.45, 7) is 0. The SMILES string of the molecule is O=S(=O)(C(F)(F)N(F)F)C(F)(F)C(F)(F)C(F)(F)C(F)(F)F. The van der Waals surface area contributed by atoms with Crippen LogP contribution in [0.4, 0.5) is 57.3 Å². The molecular formula is C5F13NO2S. The quantitative estimate of drug-likeness (QED) is 0.414. The summed E-state index contributed by atoms with van der Waals surface area (Å²) in [7, 11) is -8.56. The van der Waals surface area contributed by atoms with Crippen molar-refractivity contribution in [1.82, 2.24) is 5.34 Å². The van der Waals surface area contributed by atoms with Crippen molar-refractivity contribution in [2.24, 2.45) is 0 Å². The third-order valence-corrected chi connectivity index (χ3v) is 3.69. The van der Waals surface area contributed by atoms with E-state index in [9.17, 15) is 65.7 Å². The van der Waals surface area contributed by atoms with Gasteiger partial charge in [-0.25, -0.2) is 8.42 Å². The van der Waals surface area contributed by atoms with Crippen LogP contribution in [0.15, 0.2) is 0 Å². The van der Waals surface area contributed by atoms with E-state index in [-0.39, 0.29) is 0 Å². The molecule has 22 heavy (non-hydrogen) atoms. The molecule has 0 rings (SSSR count). The van der Waals surface area contributed by atoms with Gasteiger partial charge in [0.05, 0.1) is 0 Å². The maximum atomic E-state index is 12.7. The summed E-state index contributed by atoms with van der Waals surface area (Å²) in [5.74, 6) is -15.8. The molecule has 0 saturated heterocycles. The Labute approximate surface area is 111 Å². The topological polar surface area (TPSA) is 37.4 Å². The Morgan fingerprint density at radius 3 is 1.18 bits per heavy atom. The van der Waals surface area contributed by atoms with Crippen molar-refractivity contribution in [2.75, 3.05) is 0 Å². The largest absolute Gasteiger partial charge is 0.466 e. The van der Waals surface area contributed by atoms with Crippen LogP contribution in [0.2, 0.25) is 0 Å². The van der Waals surface area contributed by atoms with Gasteiger partial charge in [0.25, 0.3) is 0 Å². The zero-order valence-corrected chi connectivity index (χ0v) is 9.90. The Balaban J connectivity index is 6.37. The smallest absolute Gasteiger partial charge is 0.214 e. The number of alkyl halides is 11. The van der Waals surface area contributed by atoms with Gasteiger partial charge in [-0.2, -0.15) is 48.3 Å². The number of halogens is 13. The van der Waals surface area contributed by atoms with Gasteiger partial charge in [0.2, 0.25) is 0 Å². The summed E-state index contributed by atoms with van der Waals surface area (Å²) in [4.78, 5) is 0. The van der Waals surface area contributed by atoms with Gasteiger partial charge >= 0.3 is 38.5 Å². The summed E-state index contributed by atoms with van der Waals surface area (Å²) in [5, 5.41) is -19.0. The molecule has 0 bridgehead atoms. The van der Waals surface area contributed by atoms with E-state index in [1.807, 2.05) is 0 Å². The van der Waals surface area contributed by atoms with Crippen molar-refractivity contribution < 1.29 is 65.7 Å². The average Bonchev–Trinajstić information content (AvgIpc) is 2.25. The minimum absolute atomic E-state index is 3.88. The highest BCUT2D eigenvalue weighted by molar-refractivity contribution is 7.93. The van der Waals surface area contributed by atoms with Gasteiger partial charge in [-0.15, -0.1) is 0 Å². The first-order valence-corrected chi connectivity index (χ1v) is 5.62. The van der Waals surface area contributed by atoms with E-state index in [4.69, 9.17) is 0 Å². The van der Waals surface area contributed by atoms with Crippen molar-refractivity contribution in [3.05, 3.63) is 0 Å². The van der Waals surface area contributed by atoms with E-state index in [0.29, 0.717) is 0 Å². The molecule has 0 aliphatic carbocycles. The molecule has 134 valence electrons. The van der Waals surface area contributed by atoms with E-state index in [1.54, 1.807) is 0 Å². The van der Waals surface area contributed by atoms with Crippen LogP contribution in [0.1, 0.15) is 0 Å². The predicted octanol–water partition coefficient (Wildman–Crippen LogP) is 3.45. The molecule has 0 aromatic heterocycles. The van der Waals surface area contributed by atoms with Crippen LogP contribution in [-0.2, 0) is 9.84 Å². The van der Waals surface area contributed by atoms with Gasteiger partial charge < -0.3 is 0 Å². The highest BCUT2D eigenvalue weighted by atomic mass is 32.2. The highest BCUT2D eigenvalue weighted by Gasteiger charge is 2.88. The Kier molecular flexibility index (Phi) is 4.77. The van der Waals surface area contributed by atoms with Crippen molar-refractivity contribution in [1.29, 1.82) is 0 Å². The average molecular weight is 385 g/mol. The lowest BCUT2D eigenvalue weighted by molar-refractivity contribution is -0.383. The normalized spacial score (nSPS) is 16.3. The number of hydrogen-bond acceptors (Lipinski definition) is 3. The molecule has 0 amide bonds. The molecule has 0 aliphatic heterocycles. The van der Waals surface area contributed by atoms with Crippen LogP contribution >= 0.6 is 0 Å². The minimum atomic E-state index is -8.56. The molecule has 0 radical (unpaired) electrons. The standard InChI is InChI=1S/C5F13NO2S/c6-1(7,3(10,11)12)2(8,9)4(13,14)22(20,21)5(15,16)19(17)18. The number of hydrogen-bond donors (Lipinski definition) is 0. The second kappa shape index (κ2) is 5.00. The molecule has 0 aromatic rings. The molecule has 0 spiro atoms. The summed E-state index contributed by atoms with van der Waals surface area (Å²) < 4.78 is 178. The van der Waals surface area contributed by atoms with Gasteiger partial charge in [0, 0.05) is 0 Å². The van der Waals surface area contributed by atoms with Gasteiger partial charge in [-0.05, 0) is 0 Å². The van der Waals surface area contributed by atoms with Crippen LogP contribution in [0, 0.1) is 0 Å². The molecule has 17 heteroatoms. The first kappa shape index (κ1) is 21.0. The van der Waals surface area contributed by atoms with Gasteiger partial charge in [0.1, 0.15) is 5.34 Å². The summed E-state index contributed by atoms with van der Waals surface area (Å²) in [5.41, 5.74) is 0. The number of nitrogens with zero attached hydrogens (tertiary/aromatic N) is 1. The lowest BCUT2D eigenvalue weighted by atomic mass is 10.1. The minimum Gasteiger partial charge on any atom is -0.214 e. The fourth-order valence-electron chi connectivity index (χ4n) is 0.775.